The summed E-state index contributed by atoms with van der Waals surface area (Å²) >= 11 is 6.93. The fraction of sp³-hybridized carbons (Fsp3) is 0.944. The minimum absolute atomic E-state index is 0.0217. The Morgan fingerprint density at radius 2 is 1.70 bits per heavy atom. The van der Waals surface area contributed by atoms with Crippen LogP contribution in [0.5, 0.6) is 0 Å². The van der Waals surface area contributed by atoms with Gasteiger partial charge in [-0.25, -0.2) is 0 Å². The summed E-state index contributed by atoms with van der Waals surface area (Å²) in [5.74, 6) is 1.95. The van der Waals surface area contributed by atoms with Crippen LogP contribution < -0.4 is 0 Å². The third kappa shape index (κ3) is 4.23. The van der Waals surface area contributed by atoms with Crippen molar-refractivity contribution in [1.82, 2.24) is 0 Å². The van der Waals surface area contributed by atoms with Crippen molar-refractivity contribution in [3.05, 3.63) is 0 Å². The molecule has 0 bridgehead atoms. The Kier molecular flexibility index (Phi) is 6.39. The maximum Gasteiger partial charge on any atom is 0.123 e. The lowest BCUT2D eigenvalue weighted by Crippen LogP contribution is -2.38. The first-order chi connectivity index (χ1) is 9.68. The number of rotatable bonds is 6. The van der Waals surface area contributed by atoms with Gasteiger partial charge in [-0.05, 0) is 50.4 Å². The zero-order valence-corrected chi connectivity index (χ0v) is 13.8. The van der Waals surface area contributed by atoms with Crippen molar-refractivity contribution in [3.8, 4) is 0 Å². The molecule has 2 heteroatoms. The second-order valence-corrected chi connectivity index (χ2v) is 7.97. The Labute approximate surface area is 129 Å². The molecule has 0 aliphatic heterocycles. The van der Waals surface area contributed by atoms with Crippen LogP contribution in [-0.4, -0.2) is 11.2 Å². The summed E-state index contributed by atoms with van der Waals surface area (Å²) in [6.07, 6.45) is 16.3. The molecule has 2 aliphatic carbocycles. The molecule has 0 N–H and O–H groups in total. The predicted molar refractivity (Wildman–Crippen MR) is 86.2 cm³/mol. The molecule has 0 atom stereocenters. The average molecular weight is 299 g/mol. The maximum absolute atomic E-state index is 10.9. The van der Waals surface area contributed by atoms with Crippen molar-refractivity contribution < 1.29 is 4.79 Å². The average Bonchev–Trinajstić information content (AvgIpc) is 2.49. The maximum atomic E-state index is 10.9. The summed E-state index contributed by atoms with van der Waals surface area (Å²) in [6, 6.07) is 0. The van der Waals surface area contributed by atoms with Crippen LogP contribution in [0.1, 0.15) is 84.0 Å². The van der Waals surface area contributed by atoms with Crippen molar-refractivity contribution in [2.75, 3.05) is 0 Å². The van der Waals surface area contributed by atoms with Gasteiger partial charge in [-0.2, -0.15) is 0 Å². The molecule has 0 aromatic carbocycles. The van der Waals surface area contributed by atoms with Gasteiger partial charge in [-0.3, -0.25) is 0 Å². The van der Waals surface area contributed by atoms with Gasteiger partial charge >= 0.3 is 0 Å². The molecule has 2 aliphatic rings. The van der Waals surface area contributed by atoms with Crippen LogP contribution in [0.2, 0.25) is 0 Å². The van der Waals surface area contributed by atoms with Crippen LogP contribution in [-0.2, 0) is 4.79 Å². The van der Waals surface area contributed by atoms with E-state index < -0.39 is 0 Å². The molecule has 0 unspecified atom stereocenters. The highest BCUT2D eigenvalue weighted by molar-refractivity contribution is 6.24. The number of aldehydes is 1. The van der Waals surface area contributed by atoms with E-state index in [1.165, 1.54) is 51.4 Å². The molecule has 1 nitrogen and oxygen atoms in total. The minimum Gasteiger partial charge on any atom is -0.303 e. The quantitative estimate of drug-likeness (QED) is 0.347. The van der Waals surface area contributed by atoms with Gasteiger partial charge in [0.2, 0.25) is 0 Å². The number of alkyl halides is 1. The number of hydrogen-bond donors (Lipinski definition) is 0. The Morgan fingerprint density at radius 3 is 2.25 bits per heavy atom. The molecule has 20 heavy (non-hydrogen) atoms. The number of hydrogen-bond acceptors (Lipinski definition) is 1. The van der Waals surface area contributed by atoms with E-state index in [1.54, 1.807) is 0 Å². The molecule has 2 fully saturated rings. The first-order valence-corrected chi connectivity index (χ1v) is 9.20. The first-order valence-electron chi connectivity index (χ1n) is 8.82. The zero-order chi connectivity index (χ0) is 14.4. The number of carbonyl (C=O) groups excluding carboxylic acids is 1. The van der Waals surface area contributed by atoms with E-state index in [2.05, 4.69) is 6.92 Å². The molecule has 0 aromatic heterocycles. The second-order valence-electron chi connectivity index (χ2n) is 7.22. The molecule has 0 saturated heterocycles. The molecule has 0 radical (unpaired) electrons. The lowest BCUT2D eigenvalue weighted by molar-refractivity contribution is -0.112. The summed E-state index contributed by atoms with van der Waals surface area (Å²) in [5, 5.41) is 0. The third-order valence-corrected chi connectivity index (χ3v) is 6.53. The van der Waals surface area contributed by atoms with Crippen molar-refractivity contribution in [1.29, 1.82) is 0 Å². The molecule has 0 spiro atoms. The van der Waals surface area contributed by atoms with E-state index in [-0.39, 0.29) is 10.8 Å². The van der Waals surface area contributed by atoms with E-state index in [9.17, 15) is 4.79 Å². The van der Waals surface area contributed by atoms with Crippen LogP contribution in [0.25, 0.3) is 0 Å². The lowest BCUT2D eigenvalue weighted by atomic mass is 9.68. The number of halogens is 1. The molecular formula is C18H31ClO. The van der Waals surface area contributed by atoms with E-state index >= 15 is 0 Å². The Hall–Kier alpha value is -0.0400. The first kappa shape index (κ1) is 16.3. The zero-order valence-electron chi connectivity index (χ0n) is 13.1. The Balaban J connectivity index is 1.74. The van der Waals surface area contributed by atoms with Crippen molar-refractivity contribution in [2.24, 2.45) is 17.8 Å². The van der Waals surface area contributed by atoms with Gasteiger partial charge in [0.1, 0.15) is 6.29 Å². The molecule has 116 valence electrons. The van der Waals surface area contributed by atoms with Crippen LogP contribution in [0.15, 0.2) is 0 Å². The summed E-state index contributed by atoms with van der Waals surface area (Å²) in [4.78, 5) is 10.9. The summed E-state index contributed by atoms with van der Waals surface area (Å²) < 4.78 is 0. The highest BCUT2D eigenvalue weighted by Gasteiger charge is 2.41. The molecular weight excluding hydrogens is 268 g/mol. The fourth-order valence-electron chi connectivity index (χ4n) is 4.32. The number of carbonyl (C=O) groups is 1. The summed E-state index contributed by atoms with van der Waals surface area (Å²) in [5.41, 5.74) is 0. The van der Waals surface area contributed by atoms with E-state index in [4.69, 9.17) is 11.6 Å². The van der Waals surface area contributed by atoms with Gasteiger partial charge in [0.15, 0.2) is 0 Å². The normalized spacial score (nSPS) is 38.6. The van der Waals surface area contributed by atoms with Gasteiger partial charge in [0.25, 0.3) is 0 Å². The fourth-order valence-corrected chi connectivity index (χ4v) is 4.75. The van der Waals surface area contributed by atoms with E-state index in [0.717, 1.165) is 37.9 Å². The van der Waals surface area contributed by atoms with Crippen LogP contribution in [0.3, 0.4) is 0 Å². The van der Waals surface area contributed by atoms with Crippen molar-refractivity contribution >= 4 is 17.9 Å². The van der Waals surface area contributed by atoms with Crippen LogP contribution in [0, 0.1) is 17.8 Å². The van der Waals surface area contributed by atoms with Crippen LogP contribution >= 0.6 is 11.6 Å². The SMILES string of the molecule is CCCCCC1CCC([C@]2(Cl)CC[C@@H](C=O)CC2)CC1. The smallest absolute Gasteiger partial charge is 0.123 e. The lowest BCUT2D eigenvalue weighted by Gasteiger charge is -2.43. The summed E-state index contributed by atoms with van der Waals surface area (Å²) in [7, 11) is 0. The second kappa shape index (κ2) is 7.82. The topological polar surface area (TPSA) is 17.1 Å². The standard InChI is InChI=1S/C18H31ClO/c1-2-3-4-5-15-6-8-17(9-7-15)18(19)12-10-16(14-20)11-13-18/h14-17H,2-13H2,1H3/t15?,16-,17?,18+. The largest absolute Gasteiger partial charge is 0.303 e. The highest BCUT2D eigenvalue weighted by Crippen LogP contribution is 2.48. The number of unbranched alkanes of at least 4 members (excludes halogenated alkanes) is 2. The third-order valence-electron chi connectivity index (χ3n) is 5.85. The van der Waals surface area contributed by atoms with Crippen molar-refractivity contribution in [2.45, 2.75) is 88.8 Å². The van der Waals surface area contributed by atoms with Gasteiger partial charge in [0.05, 0.1) is 0 Å². The molecule has 0 heterocycles. The minimum atomic E-state index is 0.0217. The molecule has 0 aromatic rings. The highest BCUT2D eigenvalue weighted by atomic mass is 35.5. The molecule has 2 saturated carbocycles. The Morgan fingerprint density at radius 1 is 1.05 bits per heavy atom. The van der Waals surface area contributed by atoms with E-state index in [1.807, 2.05) is 0 Å². The van der Waals surface area contributed by atoms with E-state index in [0.29, 0.717) is 5.92 Å². The van der Waals surface area contributed by atoms with Gasteiger partial charge in [0, 0.05) is 10.8 Å². The van der Waals surface area contributed by atoms with Crippen LogP contribution in [0.4, 0.5) is 0 Å². The van der Waals surface area contributed by atoms with Crippen molar-refractivity contribution in [3.63, 3.8) is 0 Å². The monoisotopic (exact) mass is 298 g/mol. The molecule has 0 amide bonds. The van der Waals surface area contributed by atoms with Gasteiger partial charge in [-0.1, -0.05) is 45.4 Å². The Bertz CT molecular complexity index is 286. The van der Waals surface area contributed by atoms with Gasteiger partial charge < -0.3 is 4.79 Å². The predicted octanol–water partition coefficient (Wildman–Crippen LogP) is 5.74. The van der Waals surface area contributed by atoms with Gasteiger partial charge in [-0.15, -0.1) is 11.6 Å². The molecule has 2 rings (SSSR count). The summed E-state index contributed by atoms with van der Waals surface area (Å²) in [6.45, 7) is 2.28.